The molecule has 3 atom stereocenters. The van der Waals surface area contributed by atoms with Crippen molar-refractivity contribution < 1.29 is 24.2 Å². The number of benzene rings is 2. The van der Waals surface area contributed by atoms with Crippen molar-refractivity contribution >= 4 is 29.7 Å². The van der Waals surface area contributed by atoms with Crippen LogP contribution in [-0.4, -0.2) is 64.2 Å². The van der Waals surface area contributed by atoms with Crippen LogP contribution < -0.4 is 5.32 Å². The molecule has 33 heavy (non-hydrogen) atoms. The zero-order valence-electron chi connectivity index (χ0n) is 18.7. The quantitative estimate of drug-likeness (QED) is 0.671. The van der Waals surface area contributed by atoms with Gasteiger partial charge in [-0.1, -0.05) is 62.4 Å². The number of carbonyl (C=O) groups is 3. The van der Waals surface area contributed by atoms with Gasteiger partial charge in [-0.3, -0.25) is 9.59 Å². The summed E-state index contributed by atoms with van der Waals surface area (Å²) in [6.45, 7) is 5.21. The molecule has 2 amide bonds. The van der Waals surface area contributed by atoms with Crippen LogP contribution in [0.4, 0.5) is 4.79 Å². The topological polar surface area (TPSA) is 95.9 Å². The van der Waals surface area contributed by atoms with Crippen LogP contribution in [0.2, 0.25) is 0 Å². The first-order valence-corrected chi connectivity index (χ1v) is 12.0. The number of alkyl carbamates (subject to hydrolysis) is 1. The van der Waals surface area contributed by atoms with E-state index in [4.69, 9.17) is 4.74 Å². The Morgan fingerprint density at radius 1 is 1.03 bits per heavy atom. The van der Waals surface area contributed by atoms with Gasteiger partial charge < -0.3 is 20.1 Å². The first kappa shape index (κ1) is 23.2. The van der Waals surface area contributed by atoms with Gasteiger partial charge in [-0.05, 0) is 22.3 Å². The molecule has 0 bridgehead atoms. The Balaban J connectivity index is 1.43. The molecule has 4 rings (SSSR count). The Morgan fingerprint density at radius 3 is 2.12 bits per heavy atom. The van der Waals surface area contributed by atoms with Crippen molar-refractivity contribution in [1.29, 1.82) is 0 Å². The van der Waals surface area contributed by atoms with E-state index in [0.717, 1.165) is 22.3 Å². The van der Waals surface area contributed by atoms with Gasteiger partial charge >= 0.3 is 12.1 Å². The van der Waals surface area contributed by atoms with Crippen molar-refractivity contribution in [1.82, 2.24) is 10.2 Å². The number of carbonyl (C=O) groups excluding carboxylic acids is 2. The third kappa shape index (κ3) is 5.16. The van der Waals surface area contributed by atoms with Gasteiger partial charge in [0.2, 0.25) is 5.91 Å². The predicted octanol–water partition coefficient (Wildman–Crippen LogP) is 3.72. The van der Waals surface area contributed by atoms with Crippen LogP contribution in [0.5, 0.6) is 0 Å². The van der Waals surface area contributed by atoms with E-state index in [1.54, 1.807) is 16.7 Å². The van der Waals surface area contributed by atoms with Gasteiger partial charge in [0.25, 0.3) is 0 Å². The maximum atomic E-state index is 13.0. The van der Waals surface area contributed by atoms with E-state index in [1.165, 1.54) is 0 Å². The van der Waals surface area contributed by atoms with Crippen molar-refractivity contribution in [2.24, 2.45) is 0 Å². The summed E-state index contributed by atoms with van der Waals surface area (Å²) >= 11 is 1.79. The van der Waals surface area contributed by atoms with Crippen molar-refractivity contribution in [2.45, 2.75) is 42.7 Å². The molecular formula is C25H28N2O5S. The Labute approximate surface area is 197 Å². The molecule has 1 saturated heterocycles. The van der Waals surface area contributed by atoms with Crippen LogP contribution in [0, 0.1) is 0 Å². The number of fused-ring (bicyclic) bond motifs is 3. The highest BCUT2D eigenvalue weighted by Gasteiger charge is 2.34. The zero-order chi connectivity index (χ0) is 23.5. The zero-order valence-corrected chi connectivity index (χ0v) is 19.5. The smallest absolute Gasteiger partial charge is 0.407 e. The van der Waals surface area contributed by atoms with E-state index in [2.05, 4.69) is 17.4 Å². The number of carboxylic acids is 1. The minimum atomic E-state index is -1.17. The minimum absolute atomic E-state index is 0.0995. The third-order valence-corrected chi connectivity index (χ3v) is 7.27. The average molecular weight is 469 g/mol. The van der Waals surface area contributed by atoms with Crippen molar-refractivity contribution in [3.05, 3.63) is 59.7 Å². The molecule has 2 aromatic rings. The van der Waals surface area contributed by atoms with E-state index >= 15 is 0 Å². The highest BCUT2D eigenvalue weighted by molar-refractivity contribution is 8.00. The largest absolute Gasteiger partial charge is 0.481 e. The van der Waals surface area contributed by atoms with Gasteiger partial charge in [-0.2, -0.15) is 11.8 Å². The molecule has 3 unspecified atom stereocenters. The Hall–Kier alpha value is -3.00. The summed E-state index contributed by atoms with van der Waals surface area (Å²) < 4.78 is 5.51. The van der Waals surface area contributed by atoms with Crippen LogP contribution in [0.25, 0.3) is 11.1 Å². The number of amides is 2. The van der Waals surface area contributed by atoms with Crippen LogP contribution in [0.1, 0.15) is 37.3 Å². The van der Waals surface area contributed by atoms with Gasteiger partial charge in [-0.25, -0.2) is 4.79 Å². The van der Waals surface area contributed by atoms with E-state index in [9.17, 15) is 19.5 Å². The fourth-order valence-electron chi connectivity index (χ4n) is 4.74. The van der Waals surface area contributed by atoms with Crippen molar-refractivity contribution in [2.75, 3.05) is 19.7 Å². The molecule has 2 N–H and O–H groups in total. The lowest BCUT2D eigenvalue weighted by Gasteiger charge is -2.36. The Bertz CT molecular complexity index is 1000. The molecule has 7 nitrogen and oxygen atoms in total. The van der Waals surface area contributed by atoms with Crippen molar-refractivity contribution in [3.8, 4) is 11.1 Å². The second kappa shape index (κ2) is 9.87. The molecule has 0 spiro atoms. The first-order chi connectivity index (χ1) is 15.8. The summed E-state index contributed by atoms with van der Waals surface area (Å²) in [4.78, 5) is 38.7. The molecule has 1 heterocycles. The molecule has 174 valence electrons. The summed E-state index contributed by atoms with van der Waals surface area (Å²) in [6.07, 6.45) is -1.28. The summed E-state index contributed by atoms with van der Waals surface area (Å²) in [7, 11) is 0. The Kier molecular flexibility index (Phi) is 6.93. The summed E-state index contributed by atoms with van der Waals surface area (Å²) in [5.74, 6) is -1.65. The number of hydrogen-bond acceptors (Lipinski definition) is 5. The number of carboxylic acid groups (broad SMARTS) is 1. The monoisotopic (exact) mass is 468 g/mol. The standard InChI is InChI=1S/C25H28N2O5S/c1-15-12-27(13-16(2)33-15)24(30)22(11-23(28)29)26-25(31)32-14-21-19-9-5-3-7-17(19)18-8-4-6-10-20(18)21/h3-10,15-16,21-22H,11-14H2,1-2H3,(H,26,31)(H,28,29). The lowest BCUT2D eigenvalue weighted by atomic mass is 9.98. The third-order valence-electron chi connectivity index (χ3n) is 6.04. The molecule has 1 fully saturated rings. The van der Waals surface area contributed by atoms with E-state index in [-0.39, 0.29) is 28.9 Å². The molecule has 0 saturated carbocycles. The lowest BCUT2D eigenvalue weighted by Crippen LogP contribution is -2.53. The molecule has 0 aromatic heterocycles. The highest BCUT2D eigenvalue weighted by atomic mass is 32.2. The number of nitrogens with one attached hydrogen (secondary N) is 1. The molecular weight excluding hydrogens is 440 g/mol. The maximum absolute atomic E-state index is 13.0. The highest BCUT2D eigenvalue weighted by Crippen LogP contribution is 2.44. The predicted molar refractivity (Wildman–Crippen MR) is 127 cm³/mol. The number of thioether (sulfide) groups is 1. The average Bonchev–Trinajstić information content (AvgIpc) is 3.09. The van der Waals surface area contributed by atoms with E-state index < -0.39 is 24.5 Å². The number of aliphatic carboxylic acids is 1. The van der Waals surface area contributed by atoms with Gasteiger partial charge in [0.1, 0.15) is 12.6 Å². The SMILES string of the molecule is CC1CN(C(=O)C(CC(=O)O)NC(=O)OCC2c3ccccc3-c3ccccc32)CC(C)S1. The van der Waals surface area contributed by atoms with E-state index in [1.807, 2.05) is 50.2 Å². The summed E-state index contributed by atoms with van der Waals surface area (Å²) in [6, 6.07) is 14.9. The Morgan fingerprint density at radius 2 is 1.58 bits per heavy atom. The molecule has 1 aliphatic heterocycles. The van der Waals surface area contributed by atoms with Gasteiger partial charge in [0.05, 0.1) is 6.42 Å². The van der Waals surface area contributed by atoms with Crippen LogP contribution in [-0.2, 0) is 14.3 Å². The van der Waals surface area contributed by atoms with Crippen LogP contribution in [0.3, 0.4) is 0 Å². The summed E-state index contributed by atoms with van der Waals surface area (Å²) in [5, 5.41) is 12.3. The van der Waals surface area contributed by atoms with E-state index in [0.29, 0.717) is 13.1 Å². The molecule has 1 aliphatic carbocycles. The second-order valence-corrected chi connectivity index (χ2v) is 10.5. The number of ether oxygens (including phenoxy) is 1. The van der Waals surface area contributed by atoms with Crippen molar-refractivity contribution in [3.63, 3.8) is 0 Å². The first-order valence-electron chi connectivity index (χ1n) is 11.1. The minimum Gasteiger partial charge on any atom is -0.481 e. The van der Waals surface area contributed by atoms with Gasteiger partial charge in [0.15, 0.2) is 0 Å². The van der Waals surface area contributed by atoms with Gasteiger partial charge in [0, 0.05) is 29.5 Å². The lowest BCUT2D eigenvalue weighted by molar-refractivity contribution is -0.142. The maximum Gasteiger partial charge on any atom is 0.407 e. The second-order valence-electron chi connectivity index (χ2n) is 8.62. The molecule has 2 aromatic carbocycles. The number of hydrogen-bond donors (Lipinski definition) is 2. The number of nitrogens with zero attached hydrogens (tertiary/aromatic N) is 1. The van der Waals surface area contributed by atoms with Crippen LogP contribution in [0.15, 0.2) is 48.5 Å². The molecule has 2 aliphatic rings. The normalized spacial score (nSPS) is 20.5. The molecule has 0 radical (unpaired) electrons. The number of rotatable bonds is 6. The fraction of sp³-hybridized carbons (Fsp3) is 0.400. The fourth-order valence-corrected chi connectivity index (χ4v) is 6.06. The van der Waals surface area contributed by atoms with Crippen LogP contribution >= 0.6 is 11.8 Å². The van der Waals surface area contributed by atoms with Gasteiger partial charge in [-0.15, -0.1) is 0 Å². The summed E-state index contributed by atoms with van der Waals surface area (Å²) in [5.41, 5.74) is 4.40. The molecule has 8 heteroatoms.